The predicted molar refractivity (Wildman–Crippen MR) is 86.0 cm³/mol. The van der Waals surface area contributed by atoms with Crippen LogP contribution in [0.5, 0.6) is 0 Å². The van der Waals surface area contributed by atoms with E-state index >= 15 is 0 Å². The fourth-order valence-corrected chi connectivity index (χ4v) is 2.84. The first-order chi connectivity index (χ1) is 10.3. The highest BCUT2D eigenvalue weighted by Gasteiger charge is 2.44. The topological polar surface area (TPSA) is 65.5 Å². The van der Waals surface area contributed by atoms with E-state index in [1.165, 1.54) is 0 Å². The predicted octanol–water partition coefficient (Wildman–Crippen LogP) is 1.96. The first-order valence-corrected chi connectivity index (χ1v) is 8.03. The van der Waals surface area contributed by atoms with Crippen molar-refractivity contribution in [3.05, 3.63) is 23.9 Å². The Balaban J connectivity index is 1.76. The quantitative estimate of drug-likeness (QED) is 0.896. The van der Waals surface area contributed by atoms with Crippen LogP contribution in [0, 0.1) is 5.41 Å². The van der Waals surface area contributed by atoms with Crippen LogP contribution in [0.15, 0.2) is 18.3 Å². The zero-order valence-electron chi connectivity index (χ0n) is 13.6. The molecule has 1 amide bonds. The van der Waals surface area contributed by atoms with Gasteiger partial charge in [0, 0.05) is 36.3 Å². The molecule has 0 radical (unpaired) electrons. The third-order valence-electron chi connectivity index (χ3n) is 5.16. The van der Waals surface area contributed by atoms with Crippen LogP contribution in [0.3, 0.4) is 0 Å². The number of nitrogens with zero attached hydrogens (tertiary/aromatic N) is 2. The second kappa shape index (κ2) is 5.23. The van der Waals surface area contributed by atoms with Crippen LogP contribution in [-0.2, 0) is 0 Å². The standard InChI is InChI=1S/C17H25N3O2/c1-16(2)11-20(9-7-17(16,3)22)14-10-12(6-8-18-14)15(21)19-13-4-5-13/h6,8,10,13,22H,4-5,7,9,11H2,1-3H3,(H,19,21)/t17-/m0/s1. The van der Waals surface area contributed by atoms with Crippen molar-refractivity contribution in [2.24, 2.45) is 5.41 Å². The summed E-state index contributed by atoms with van der Waals surface area (Å²) in [5, 5.41) is 13.5. The molecular formula is C17H25N3O2. The van der Waals surface area contributed by atoms with E-state index in [1.54, 1.807) is 12.3 Å². The molecule has 0 aromatic carbocycles. The van der Waals surface area contributed by atoms with Crippen LogP contribution in [0.2, 0.25) is 0 Å². The highest BCUT2D eigenvalue weighted by molar-refractivity contribution is 5.95. The number of carbonyl (C=O) groups excluding carboxylic acids is 1. The van der Waals surface area contributed by atoms with Gasteiger partial charge in [0.25, 0.3) is 5.91 Å². The monoisotopic (exact) mass is 303 g/mol. The fourth-order valence-electron chi connectivity index (χ4n) is 2.84. The van der Waals surface area contributed by atoms with E-state index < -0.39 is 5.60 Å². The number of pyridine rings is 1. The Labute approximate surface area is 131 Å². The van der Waals surface area contributed by atoms with E-state index in [0.29, 0.717) is 18.0 Å². The van der Waals surface area contributed by atoms with Gasteiger partial charge in [-0.3, -0.25) is 4.79 Å². The van der Waals surface area contributed by atoms with Crippen LogP contribution < -0.4 is 10.2 Å². The molecule has 0 unspecified atom stereocenters. The van der Waals surface area contributed by atoms with E-state index in [2.05, 4.69) is 29.0 Å². The molecule has 1 aromatic rings. The lowest BCUT2D eigenvalue weighted by Crippen LogP contribution is -2.56. The van der Waals surface area contributed by atoms with Gasteiger partial charge in [0.2, 0.25) is 0 Å². The zero-order valence-corrected chi connectivity index (χ0v) is 13.6. The Kier molecular flexibility index (Phi) is 3.63. The molecule has 1 saturated carbocycles. The van der Waals surface area contributed by atoms with Crippen molar-refractivity contribution >= 4 is 11.7 Å². The number of nitrogens with one attached hydrogen (secondary N) is 1. The molecule has 22 heavy (non-hydrogen) atoms. The van der Waals surface area contributed by atoms with Gasteiger partial charge >= 0.3 is 0 Å². The second-order valence-corrected chi connectivity index (χ2v) is 7.48. The number of aromatic nitrogens is 1. The molecule has 2 heterocycles. The van der Waals surface area contributed by atoms with Crippen LogP contribution in [0.4, 0.5) is 5.82 Å². The summed E-state index contributed by atoms with van der Waals surface area (Å²) in [7, 11) is 0. The molecule has 1 aliphatic heterocycles. The zero-order chi connectivity index (χ0) is 16.0. The molecule has 0 spiro atoms. The Morgan fingerprint density at radius 1 is 1.41 bits per heavy atom. The molecule has 2 fully saturated rings. The van der Waals surface area contributed by atoms with Crippen LogP contribution in [0.25, 0.3) is 0 Å². The van der Waals surface area contributed by atoms with Crippen molar-refractivity contribution in [3.63, 3.8) is 0 Å². The van der Waals surface area contributed by atoms with Crippen molar-refractivity contribution in [3.8, 4) is 0 Å². The van der Waals surface area contributed by atoms with Crippen molar-refractivity contribution in [2.45, 2.75) is 51.7 Å². The van der Waals surface area contributed by atoms with E-state index in [-0.39, 0.29) is 11.3 Å². The van der Waals surface area contributed by atoms with Crippen LogP contribution in [-0.4, -0.2) is 40.7 Å². The smallest absolute Gasteiger partial charge is 0.251 e. The first-order valence-electron chi connectivity index (χ1n) is 8.03. The lowest BCUT2D eigenvalue weighted by molar-refractivity contribution is -0.0650. The summed E-state index contributed by atoms with van der Waals surface area (Å²) in [5.41, 5.74) is -0.240. The number of hydrogen-bond acceptors (Lipinski definition) is 4. The summed E-state index contributed by atoms with van der Waals surface area (Å²) in [5.74, 6) is 0.793. The average molecular weight is 303 g/mol. The highest BCUT2D eigenvalue weighted by Crippen LogP contribution is 2.39. The lowest BCUT2D eigenvalue weighted by Gasteiger charge is -2.49. The molecule has 1 aromatic heterocycles. The van der Waals surface area contributed by atoms with Crippen molar-refractivity contribution in [1.82, 2.24) is 10.3 Å². The molecule has 1 atom stereocenters. The number of carbonyl (C=O) groups is 1. The number of anilines is 1. The van der Waals surface area contributed by atoms with Crippen LogP contribution in [0.1, 0.15) is 50.4 Å². The SMILES string of the molecule is CC1(C)CN(c2cc(C(=O)NC3CC3)ccn2)CC[C@]1(C)O. The first kappa shape index (κ1) is 15.3. The highest BCUT2D eigenvalue weighted by atomic mass is 16.3. The summed E-state index contributed by atoms with van der Waals surface area (Å²) >= 11 is 0. The number of amides is 1. The minimum atomic E-state index is -0.676. The molecule has 5 nitrogen and oxygen atoms in total. The normalized spacial score (nSPS) is 27.5. The summed E-state index contributed by atoms with van der Waals surface area (Å²) in [4.78, 5) is 18.7. The third-order valence-corrected chi connectivity index (χ3v) is 5.16. The van der Waals surface area contributed by atoms with E-state index in [0.717, 1.165) is 31.7 Å². The van der Waals surface area contributed by atoms with Crippen molar-refractivity contribution in [2.75, 3.05) is 18.0 Å². The van der Waals surface area contributed by atoms with E-state index in [9.17, 15) is 9.90 Å². The van der Waals surface area contributed by atoms with Gasteiger partial charge in [-0.05, 0) is 38.3 Å². The molecule has 2 aliphatic rings. The summed E-state index contributed by atoms with van der Waals surface area (Å²) < 4.78 is 0. The van der Waals surface area contributed by atoms with Gasteiger partial charge in [0.1, 0.15) is 5.82 Å². The van der Waals surface area contributed by atoms with Gasteiger partial charge in [-0.2, -0.15) is 0 Å². The molecule has 1 saturated heterocycles. The summed E-state index contributed by atoms with van der Waals surface area (Å²) in [6.07, 6.45) is 4.55. The Morgan fingerprint density at radius 2 is 2.14 bits per heavy atom. The van der Waals surface area contributed by atoms with Gasteiger partial charge in [-0.25, -0.2) is 4.98 Å². The third kappa shape index (κ3) is 2.95. The summed E-state index contributed by atoms with van der Waals surface area (Å²) in [6.45, 7) is 7.51. The maximum atomic E-state index is 12.2. The maximum absolute atomic E-state index is 12.2. The van der Waals surface area contributed by atoms with E-state index in [1.807, 2.05) is 13.0 Å². The molecule has 3 rings (SSSR count). The number of piperidine rings is 1. The number of rotatable bonds is 3. The average Bonchev–Trinajstić information content (AvgIpc) is 3.26. The fraction of sp³-hybridized carbons (Fsp3) is 0.647. The molecule has 120 valence electrons. The summed E-state index contributed by atoms with van der Waals surface area (Å²) in [6, 6.07) is 3.97. The number of aliphatic hydroxyl groups is 1. The Bertz CT molecular complexity index is 579. The second-order valence-electron chi connectivity index (χ2n) is 7.48. The van der Waals surface area contributed by atoms with Crippen molar-refractivity contribution in [1.29, 1.82) is 0 Å². The largest absolute Gasteiger partial charge is 0.389 e. The molecule has 5 heteroatoms. The Hall–Kier alpha value is -1.62. The van der Waals surface area contributed by atoms with E-state index in [4.69, 9.17) is 0 Å². The maximum Gasteiger partial charge on any atom is 0.251 e. The lowest BCUT2D eigenvalue weighted by atomic mass is 9.71. The van der Waals surface area contributed by atoms with Gasteiger partial charge in [0.15, 0.2) is 0 Å². The van der Waals surface area contributed by atoms with Gasteiger partial charge in [-0.1, -0.05) is 13.8 Å². The van der Waals surface area contributed by atoms with Gasteiger partial charge < -0.3 is 15.3 Å². The Morgan fingerprint density at radius 3 is 2.77 bits per heavy atom. The van der Waals surface area contributed by atoms with Crippen LogP contribution >= 0.6 is 0 Å². The van der Waals surface area contributed by atoms with Crippen molar-refractivity contribution < 1.29 is 9.90 Å². The van der Waals surface area contributed by atoms with Gasteiger partial charge in [0.05, 0.1) is 5.60 Å². The molecular weight excluding hydrogens is 278 g/mol. The molecule has 2 N–H and O–H groups in total. The minimum Gasteiger partial charge on any atom is -0.389 e. The van der Waals surface area contributed by atoms with Gasteiger partial charge in [-0.15, -0.1) is 0 Å². The molecule has 0 bridgehead atoms. The minimum absolute atomic E-state index is 0.0191. The molecule has 1 aliphatic carbocycles. The number of hydrogen-bond donors (Lipinski definition) is 2.